The fourth-order valence-electron chi connectivity index (χ4n) is 2.25. The molecule has 0 aliphatic carbocycles. The van der Waals surface area contributed by atoms with Crippen molar-refractivity contribution in [3.8, 4) is 0 Å². The van der Waals surface area contributed by atoms with E-state index in [-0.39, 0.29) is 5.69 Å². The van der Waals surface area contributed by atoms with Gasteiger partial charge in [0.15, 0.2) is 0 Å². The molecule has 1 heterocycles. The van der Waals surface area contributed by atoms with Crippen LogP contribution in [0, 0.1) is 0 Å². The van der Waals surface area contributed by atoms with Crippen molar-refractivity contribution in [1.82, 2.24) is 9.97 Å². The second-order valence-electron chi connectivity index (χ2n) is 4.73. The molecule has 1 unspecified atom stereocenters. The molecule has 0 bridgehead atoms. The van der Waals surface area contributed by atoms with Gasteiger partial charge in [-0.1, -0.05) is 30.3 Å². The average molecular weight is 282 g/mol. The van der Waals surface area contributed by atoms with Gasteiger partial charge in [0.25, 0.3) is 0 Å². The standard InChI is InChI=1S/C15H14N4O2/c16-14(20)13(9-4-2-1-3-5-9)17-10-6-7-11-12(8-10)19-15(21)18-11/h1-8,13,17H,(H2,16,20)(H2,18,19,21). The Kier molecular flexibility index (Phi) is 3.19. The molecule has 3 rings (SSSR count). The first-order valence-corrected chi connectivity index (χ1v) is 6.46. The summed E-state index contributed by atoms with van der Waals surface area (Å²) in [4.78, 5) is 28.3. The van der Waals surface area contributed by atoms with Crippen LogP contribution in [0.15, 0.2) is 53.3 Å². The van der Waals surface area contributed by atoms with E-state index in [1.165, 1.54) is 0 Å². The number of H-pyrrole nitrogens is 2. The predicted molar refractivity (Wildman–Crippen MR) is 80.9 cm³/mol. The van der Waals surface area contributed by atoms with Crippen molar-refractivity contribution in [3.05, 3.63) is 64.6 Å². The number of hydrogen-bond acceptors (Lipinski definition) is 3. The Morgan fingerprint density at radius 3 is 2.48 bits per heavy atom. The molecule has 6 heteroatoms. The van der Waals surface area contributed by atoms with Crippen molar-refractivity contribution in [1.29, 1.82) is 0 Å². The predicted octanol–water partition coefficient (Wildman–Crippen LogP) is 1.49. The van der Waals surface area contributed by atoms with Gasteiger partial charge in [0.1, 0.15) is 6.04 Å². The van der Waals surface area contributed by atoms with Crippen LogP contribution in [0.2, 0.25) is 0 Å². The van der Waals surface area contributed by atoms with Crippen LogP contribution in [0.4, 0.5) is 5.69 Å². The Bertz CT molecular complexity index is 836. The molecule has 0 radical (unpaired) electrons. The van der Waals surface area contributed by atoms with Gasteiger partial charge in [-0.25, -0.2) is 4.79 Å². The lowest BCUT2D eigenvalue weighted by atomic mass is 10.1. The van der Waals surface area contributed by atoms with E-state index >= 15 is 0 Å². The molecule has 2 aromatic carbocycles. The van der Waals surface area contributed by atoms with Crippen molar-refractivity contribution in [2.45, 2.75) is 6.04 Å². The minimum atomic E-state index is -0.630. The van der Waals surface area contributed by atoms with Gasteiger partial charge >= 0.3 is 5.69 Å². The molecule has 6 nitrogen and oxygen atoms in total. The van der Waals surface area contributed by atoms with Gasteiger partial charge < -0.3 is 21.0 Å². The third-order valence-corrected chi connectivity index (χ3v) is 3.24. The Hall–Kier alpha value is -3.02. The molecule has 0 saturated carbocycles. The zero-order valence-corrected chi connectivity index (χ0v) is 11.1. The number of imidazole rings is 1. The van der Waals surface area contributed by atoms with E-state index in [0.29, 0.717) is 16.7 Å². The number of fused-ring (bicyclic) bond motifs is 1. The molecule has 0 spiro atoms. The second-order valence-corrected chi connectivity index (χ2v) is 4.73. The summed E-state index contributed by atoms with van der Waals surface area (Å²) in [5.41, 5.74) is 8.06. The molecule has 106 valence electrons. The monoisotopic (exact) mass is 282 g/mol. The van der Waals surface area contributed by atoms with Crippen LogP contribution in [0.1, 0.15) is 11.6 Å². The number of primary amides is 1. The van der Waals surface area contributed by atoms with E-state index in [2.05, 4.69) is 15.3 Å². The van der Waals surface area contributed by atoms with E-state index in [9.17, 15) is 9.59 Å². The lowest BCUT2D eigenvalue weighted by Gasteiger charge is -2.17. The van der Waals surface area contributed by atoms with Crippen LogP contribution in [0.25, 0.3) is 11.0 Å². The summed E-state index contributed by atoms with van der Waals surface area (Å²) in [6.45, 7) is 0. The van der Waals surface area contributed by atoms with Crippen LogP contribution in [0.5, 0.6) is 0 Å². The van der Waals surface area contributed by atoms with E-state index in [1.54, 1.807) is 18.2 Å². The van der Waals surface area contributed by atoms with E-state index < -0.39 is 11.9 Å². The van der Waals surface area contributed by atoms with Crippen LogP contribution >= 0.6 is 0 Å². The molecule has 3 aromatic rings. The maximum absolute atomic E-state index is 11.7. The summed E-state index contributed by atoms with van der Waals surface area (Å²) in [7, 11) is 0. The first-order chi connectivity index (χ1) is 10.1. The SMILES string of the molecule is NC(=O)C(Nc1ccc2[nH]c(=O)[nH]c2c1)c1ccccc1. The van der Waals surface area contributed by atoms with E-state index in [0.717, 1.165) is 5.56 Å². The molecule has 21 heavy (non-hydrogen) atoms. The number of carbonyl (C=O) groups is 1. The molecule has 0 fully saturated rings. The molecule has 5 N–H and O–H groups in total. The lowest BCUT2D eigenvalue weighted by molar-refractivity contribution is -0.118. The van der Waals surface area contributed by atoms with Gasteiger partial charge in [-0.2, -0.15) is 0 Å². The minimum Gasteiger partial charge on any atom is -0.370 e. The van der Waals surface area contributed by atoms with Crippen molar-refractivity contribution in [2.24, 2.45) is 5.73 Å². The fraction of sp³-hybridized carbons (Fsp3) is 0.0667. The largest absolute Gasteiger partial charge is 0.370 e. The minimum absolute atomic E-state index is 0.267. The number of amides is 1. The Morgan fingerprint density at radius 1 is 1.05 bits per heavy atom. The van der Waals surface area contributed by atoms with Gasteiger partial charge in [0.05, 0.1) is 11.0 Å². The summed E-state index contributed by atoms with van der Waals surface area (Å²) in [5.74, 6) is -0.469. The van der Waals surface area contributed by atoms with Gasteiger partial charge in [0, 0.05) is 5.69 Å². The number of aromatic amines is 2. The van der Waals surface area contributed by atoms with Crippen molar-refractivity contribution in [3.63, 3.8) is 0 Å². The summed E-state index contributed by atoms with van der Waals surface area (Å²) in [6, 6.07) is 13.9. The average Bonchev–Trinajstić information content (AvgIpc) is 2.84. The molecule has 0 saturated heterocycles. The maximum Gasteiger partial charge on any atom is 0.323 e. The molecule has 1 amide bonds. The van der Waals surface area contributed by atoms with E-state index in [1.807, 2.05) is 30.3 Å². The Labute approximate surface area is 120 Å². The van der Waals surface area contributed by atoms with Crippen molar-refractivity contribution in [2.75, 3.05) is 5.32 Å². The highest BCUT2D eigenvalue weighted by Gasteiger charge is 2.17. The van der Waals surface area contributed by atoms with E-state index in [4.69, 9.17) is 5.73 Å². The lowest BCUT2D eigenvalue weighted by Crippen LogP contribution is -2.27. The Balaban J connectivity index is 1.94. The number of carbonyl (C=O) groups excluding carboxylic acids is 1. The number of aromatic nitrogens is 2. The number of rotatable bonds is 4. The summed E-state index contributed by atoms with van der Waals surface area (Å²) >= 11 is 0. The topological polar surface area (TPSA) is 104 Å². The quantitative estimate of drug-likeness (QED) is 0.583. The molecule has 1 atom stereocenters. The first-order valence-electron chi connectivity index (χ1n) is 6.46. The summed E-state index contributed by atoms with van der Waals surface area (Å²) in [6.07, 6.45) is 0. The molecular weight excluding hydrogens is 268 g/mol. The maximum atomic E-state index is 11.7. The molecular formula is C15H14N4O2. The number of benzene rings is 2. The van der Waals surface area contributed by atoms with Crippen LogP contribution in [0.3, 0.4) is 0 Å². The van der Waals surface area contributed by atoms with Crippen molar-refractivity contribution >= 4 is 22.6 Å². The van der Waals surface area contributed by atoms with Crippen LogP contribution < -0.4 is 16.7 Å². The van der Waals surface area contributed by atoms with Crippen molar-refractivity contribution < 1.29 is 4.79 Å². The third-order valence-electron chi connectivity index (χ3n) is 3.24. The summed E-state index contributed by atoms with van der Waals surface area (Å²) in [5, 5.41) is 3.09. The van der Waals surface area contributed by atoms with Gasteiger partial charge in [-0.15, -0.1) is 0 Å². The van der Waals surface area contributed by atoms with Gasteiger partial charge in [-0.3, -0.25) is 4.79 Å². The van der Waals surface area contributed by atoms with Gasteiger partial charge in [-0.05, 0) is 23.8 Å². The highest BCUT2D eigenvalue weighted by Crippen LogP contribution is 2.21. The fourth-order valence-corrected chi connectivity index (χ4v) is 2.25. The van der Waals surface area contributed by atoms with Crippen LogP contribution in [-0.4, -0.2) is 15.9 Å². The normalized spacial score (nSPS) is 12.2. The summed E-state index contributed by atoms with van der Waals surface area (Å²) < 4.78 is 0. The highest BCUT2D eigenvalue weighted by molar-refractivity contribution is 5.86. The van der Waals surface area contributed by atoms with Crippen LogP contribution in [-0.2, 0) is 4.79 Å². The molecule has 0 aliphatic heterocycles. The molecule has 0 aliphatic rings. The zero-order chi connectivity index (χ0) is 14.8. The molecule has 1 aromatic heterocycles. The highest BCUT2D eigenvalue weighted by atomic mass is 16.1. The second kappa shape index (κ2) is 5.16. The number of anilines is 1. The Morgan fingerprint density at radius 2 is 1.76 bits per heavy atom. The first kappa shape index (κ1) is 13.0. The number of hydrogen-bond donors (Lipinski definition) is 4. The smallest absolute Gasteiger partial charge is 0.323 e. The number of nitrogens with two attached hydrogens (primary N) is 1. The third kappa shape index (κ3) is 2.64. The zero-order valence-electron chi connectivity index (χ0n) is 11.1. The van der Waals surface area contributed by atoms with Gasteiger partial charge in [0.2, 0.25) is 5.91 Å². The number of nitrogens with one attached hydrogen (secondary N) is 3.